The number of aliphatic hydroxyl groups is 3. The summed E-state index contributed by atoms with van der Waals surface area (Å²) in [5.74, 6) is -3.65. The third-order valence-corrected chi connectivity index (χ3v) is 5.79. The lowest BCUT2D eigenvalue weighted by atomic mass is 10.1. The van der Waals surface area contributed by atoms with Gasteiger partial charge in [-0.05, 0) is 36.2 Å². The molecule has 0 aliphatic rings. The molecule has 0 unspecified atom stereocenters. The highest BCUT2D eigenvalue weighted by atomic mass is 32.1. The van der Waals surface area contributed by atoms with Crippen molar-refractivity contribution in [1.82, 2.24) is 10.3 Å². The maximum absolute atomic E-state index is 12.0. The third-order valence-electron chi connectivity index (χ3n) is 5.07. The molecule has 2 aromatic carbocycles. The van der Waals surface area contributed by atoms with Crippen molar-refractivity contribution < 1.29 is 39.9 Å². The van der Waals surface area contributed by atoms with Crippen molar-refractivity contribution in [2.45, 2.75) is 31.2 Å². The summed E-state index contributed by atoms with van der Waals surface area (Å²) in [5.41, 5.74) is 9.08. The number of aromatic nitrogens is 1. The van der Waals surface area contributed by atoms with Gasteiger partial charge in [0.25, 0.3) is 0 Å². The molecule has 0 bridgehead atoms. The van der Waals surface area contributed by atoms with Crippen LogP contribution in [0, 0.1) is 0 Å². The summed E-state index contributed by atoms with van der Waals surface area (Å²) in [6, 6.07) is 17.4. The molecule has 3 atom stereocenters. The van der Waals surface area contributed by atoms with Gasteiger partial charge < -0.3 is 41.9 Å². The van der Waals surface area contributed by atoms with Gasteiger partial charge >= 0.3 is 11.9 Å². The molecule has 38 heavy (non-hydrogen) atoms. The summed E-state index contributed by atoms with van der Waals surface area (Å²) in [6.45, 7) is 1.28. The molecular weight excluding hydrogens is 516 g/mol. The number of hydrogen-bond donors (Lipinski definition) is 8. The van der Waals surface area contributed by atoms with E-state index >= 15 is 0 Å². The highest BCUT2D eigenvalue weighted by Crippen LogP contribution is 2.14. The number of benzene rings is 2. The van der Waals surface area contributed by atoms with Gasteiger partial charge in [-0.25, -0.2) is 14.6 Å². The van der Waals surface area contributed by atoms with Crippen LogP contribution in [-0.2, 0) is 27.2 Å². The molecule has 1 aromatic heterocycles. The minimum Gasteiger partial charge on any atom is -0.479 e. The fourth-order valence-corrected chi connectivity index (χ4v) is 3.63. The predicted molar refractivity (Wildman–Crippen MR) is 141 cm³/mol. The smallest absolute Gasteiger partial charge is 0.335 e. The van der Waals surface area contributed by atoms with Crippen molar-refractivity contribution in [1.29, 1.82) is 0 Å². The highest BCUT2D eigenvalue weighted by molar-refractivity contribution is 7.13. The average Bonchev–Trinajstić information content (AvgIpc) is 3.31. The van der Waals surface area contributed by atoms with Crippen molar-refractivity contribution in [2.24, 2.45) is 0 Å². The third kappa shape index (κ3) is 10.6. The van der Waals surface area contributed by atoms with Crippen molar-refractivity contribution in [3.63, 3.8) is 0 Å². The number of anilines is 2. The number of carbonyl (C=O) groups excluding carboxylic acids is 1. The number of carboxylic acids is 2. The van der Waals surface area contributed by atoms with E-state index in [2.05, 4.69) is 15.6 Å². The molecule has 204 valence electrons. The van der Waals surface area contributed by atoms with Crippen LogP contribution in [-0.4, -0.2) is 73.7 Å². The molecule has 1 amide bonds. The van der Waals surface area contributed by atoms with Crippen LogP contribution in [0.15, 0.2) is 60.0 Å². The lowest BCUT2D eigenvalue weighted by Crippen LogP contribution is -2.39. The maximum atomic E-state index is 12.0. The van der Waals surface area contributed by atoms with Crippen molar-refractivity contribution in [3.8, 4) is 0 Å². The molecule has 0 saturated carbocycles. The van der Waals surface area contributed by atoms with Crippen LogP contribution < -0.4 is 16.4 Å². The lowest BCUT2D eigenvalue weighted by molar-refractivity contribution is -0.165. The number of thiazole rings is 1. The zero-order valence-electron chi connectivity index (χ0n) is 20.2. The molecule has 0 aliphatic heterocycles. The molecule has 1 heterocycles. The largest absolute Gasteiger partial charge is 0.479 e. The number of nitrogens with two attached hydrogens (primary N) is 1. The second kappa shape index (κ2) is 15.4. The predicted octanol–water partition coefficient (Wildman–Crippen LogP) is 0.650. The first-order valence-electron chi connectivity index (χ1n) is 11.4. The molecular formula is C25H30N4O8S. The Kier molecular flexibility index (Phi) is 12.3. The van der Waals surface area contributed by atoms with Crippen LogP contribution in [0.25, 0.3) is 0 Å². The SMILES string of the molecule is Nc1nc(CC(=O)Nc2ccc(CCNC[C@H](O)c3ccccc3)cc2)cs1.O=C(O)[C@H](O)[C@@H](O)C(=O)O. The number of aliphatic hydroxyl groups excluding tert-OH is 3. The van der Waals surface area contributed by atoms with Crippen LogP contribution in [0.4, 0.5) is 10.8 Å². The number of carboxylic acid groups (broad SMARTS) is 2. The quantitative estimate of drug-likeness (QED) is 0.148. The number of nitrogens with one attached hydrogen (secondary N) is 2. The molecule has 9 N–H and O–H groups in total. The summed E-state index contributed by atoms with van der Waals surface area (Å²) >= 11 is 1.33. The second-order valence-corrected chi connectivity index (χ2v) is 8.94. The minimum absolute atomic E-state index is 0.116. The number of nitrogens with zero attached hydrogens (tertiary/aromatic N) is 1. The van der Waals surface area contributed by atoms with Gasteiger partial charge in [-0.2, -0.15) is 0 Å². The molecule has 12 nitrogen and oxygen atoms in total. The Morgan fingerprint density at radius 2 is 1.53 bits per heavy atom. The molecule has 0 fully saturated rings. The zero-order valence-corrected chi connectivity index (χ0v) is 21.0. The van der Waals surface area contributed by atoms with Gasteiger partial charge in [0.1, 0.15) is 0 Å². The molecule has 0 spiro atoms. The van der Waals surface area contributed by atoms with E-state index in [1.807, 2.05) is 54.6 Å². The fourth-order valence-electron chi connectivity index (χ4n) is 3.06. The number of carbonyl (C=O) groups is 3. The van der Waals surface area contributed by atoms with Gasteiger partial charge in [0, 0.05) is 17.6 Å². The summed E-state index contributed by atoms with van der Waals surface area (Å²) in [5, 5.41) is 51.1. The normalized spacial score (nSPS) is 12.9. The van der Waals surface area contributed by atoms with Crippen molar-refractivity contribution in [2.75, 3.05) is 24.1 Å². The first-order chi connectivity index (χ1) is 18.1. The van der Waals surface area contributed by atoms with Crippen LogP contribution in [0.3, 0.4) is 0 Å². The summed E-state index contributed by atoms with van der Waals surface area (Å²) in [6.07, 6.45) is -3.99. The van der Waals surface area contributed by atoms with Crippen molar-refractivity contribution >= 4 is 40.0 Å². The van der Waals surface area contributed by atoms with Gasteiger partial charge in [0.05, 0.1) is 18.2 Å². The molecule has 0 saturated heterocycles. The number of amides is 1. The maximum Gasteiger partial charge on any atom is 0.335 e. The van der Waals surface area contributed by atoms with E-state index in [0.717, 1.165) is 29.8 Å². The number of aliphatic carboxylic acids is 2. The van der Waals surface area contributed by atoms with E-state index in [9.17, 15) is 19.5 Å². The molecule has 0 aliphatic carbocycles. The van der Waals surface area contributed by atoms with Gasteiger partial charge in [-0.1, -0.05) is 42.5 Å². The fraction of sp³-hybridized carbons (Fsp3) is 0.280. The van der Waals surface area contributed by atoms with E-state index in [-0.39, 0.29) is 12.3 Å². The van der Waals surface area contributed by atoms with Crippen LogP contribution >= 0.6 is 11.3 Å². The van der Waals surface area contributed by atoms with E-state index in [0.29, 0.717) is 17.4 Å². The summed E-state index contributed by atoms with van der Waals surface area (Å²) in [7, 11) is 0. The summed E-state index contributed by atoms with van der Waals surface area (Å²) in [4.78, 5) is 35.7. The lowest BCUT2D eigenvalue weighted by Gasteiger charge is -2.12. The Balaban J connectivity index is 0.000000432. The van der Waals surface area contributed by atoms with E-state index < -0.39 is 30.3 Å². The second-order valence-electron chi connectivity index (χ2n) is 8.05. The monoisotopic (exact) mass is 546 g/mol. The first-order valence-corrected chi connectivity index (χ1v) is 12.3. The van der Waals surface area contributed by atoms with E-state index in [4.69, 9.17) is 26.2 Å². The van der Waals surface area contributed by atoms with Gasteiger partial charge in [-0.3, -0.25) is 4.79 Å². The number of nitrogen functional groups attached to an aromatic ring is 1. The number of rotatable bonds is 12. The zero-order chi connectivity index (χ0) is 28.1. The average molecular weight is 547 g/mol. The summed E-state index contributed by atoms with van der Waals surface area (Å²) < 4.78 is 0. The molecule has 3 aromatic rings. The topological polar surface area (TPSA) is 215 Å². The Morgan fingerprint density at radius 3 is 2.05 bits per heavy atom. The Bertz CT molecular complexity index is 1160. The molecule has 3 rings (SSSR count). The molecule has 0 radical (unpaired) electrons. The van der Waals surface area contributed by atoms with E-state index in [1.54, 1.807) is 5.38 Å². The van der Waals surface area contributed by atoms with E-state index in [1.165, 1.54) is 11.3 Å². The standard InChI is InChI=1S/C21H24N4O2S.C4H6O6/c22-21-25-18(14-28-21)12-20(27)24-17-8-6-15(7-9-17)10-11-23-13-19(26)16-4-2-1-3-5-16;5-1(3(7)8)2(6)4(9)10/h1-9,14,19,23,26H,10-13H2,(H2,22,25)(H,24,27);1-2,5-6H,(H,7,8)(H,9,10)/t19-;1-,2-/m01/s1. The van der Waals surface area contributed by atoms with Gasteiger partial charge in [0.15, 0.2) is 17.3 Å². The van der Waals surface area contributed by atoms with Gasteiger partial charge in [-0.15, -0.1) is 11.3 Å². The Hall–Kier alpha value is -3.88. The van der Waals surface area contributed by atoms with Crippen molar-refractivity contribution in [3.05, 3.63) is 76.8 Å². The van der Waals surface area contributed by atoms with Crippen LogP contribution in [0.1, 0.15) is 22.9 Å². The van der Waals surface area contributed by atoms with Crippen LogP contribution in [0.5, 0.6) is 0 Å². The van der Waals surface area contributed by atoms with Gasteiger partial charge in [0.2, 0.25) is 5.91 Å². The number of hydrogen-bond acceptors (Lipinski definition) is 10. The Morgan fingerprint density at radius 1 is 0.921 bits per heavy atom. The first kappa shape index (κ1) is 30.3. The van der Waals surface area contributed by atoms with Crippen LogP contribution in [0.2, 0.25) is 0 Å². The highest BCUT2D eigenvalue weighted by Gasteiger charge is 2.29. The Labute approximate surface area is 222 Å². The minimum atomic E-state index is -2.27. The molecule has 13 heteroatoms.